The average molecular weight is 1560 g/mol. The van der Waals surface area contributed by atoms with E-state index in [0.29, 0.717) is 390 Å². The third kappa shape index (κ3) is 102. The molecule has 0 bridgehead atoms. The van der Waals surface area contributed by atoms with Crippen molar-refractivity contribution in [3.05, 3.63) is 12.7 Å². The van der Waals surface area contributed by atoms with Gasteiger partial charge in [0.05, 0.1) is 390 Å². The van der Waals surface area contributed by atoms with Crippen LogP contribution in [0.4, 0.5) is 0 Å². The summed E-state index contributed by atoms with van der Waals surface area (Å²) in [5, 5.41) is 0. The first kappa shape index (κ1) is 105. The smallest absolute Gasteiger partial charge is 0.330 e. The molecule has 107 heavy (non-hydrogen) atoms. The molecule has 0 spiro atoms. The number of carbonyl (C=O) groups excluding carboxylic acids is 1. The van der Waals surface area contributed by atoms with Gasteiger partial charge in [-0.3, -0.25) is 0 Å². The van der Waals surface area contributed by atoms with E-state index >= 15 is 0 Å². The Balaban J connectivity index is 3.10. The number of hydrogen-bond donors (Lipinski definition) is 0. The van der Waals surface area contributed by atoms with Crippen molar-refractivity contribution in [1.29, 1.82) is 0 Å². The average Bonchev–Trinajstić information content (AvgIpc) is 3.90. The molecule has 32 nitrogen and oxygen atoms in total. The van der Waals surface area contributed by atoms with Gasteiger partial charge in [0.25, 0.3) is 0 Å². The molecule has 0 rings (SSSR count). The molecule has 0 fully saturated rings. The molecule has 0 unspecified atom stereocenters. The van der Waals surface area contributed by atoms with Crippen LogP contribution < -0.4 is 0 Å². The highest BCUT2D eigenvalue weighted by atomic mass is 16.6. The Morgan fingerprint density at radius 3 is 0.383 bits per heavy atom. The van der Waals surface area contributed by atoms with Crippen molar-refractivity contribution in [2.75, 3.05) is 403 Å². The lowest BCUT2D eigenvalue weighted by molar-refractivity contribution is -0.139. The molecule has 0 N–H and O–H groups in total. The Labute approximate surface area is 642 Å². The van der Waals surface area contributed by atoms with Gasteiger partial charge in [0, 0.05) is 12.7 Å². The van der Waals surface area contributed by atoms with Crippen LogP contribution in [0.2, 0.25) is 0 Å². The molecule has 640 valence electrons. The fraction of sp³-hybridized carbons (Fsp3) is 0.960. The lowest BCUT2D eigenvalue weighted by Gasteiger charge is -2.09. The van der Waals surface area contributed by atoms with Crippen LogP contribution in [0.15, 0.2) is 12.7 Å². The van der Waals surface area contributed by atoms with Crippen LogP contribution >= 0.6 is 0 Å². The molecular weight excluding hydrogens is 1410 g/mol. The second-order valence-electron chi connectivity index (χ2n) is 22.9. The molecule has 0 aliphatic rings. The van der Waals surface area contributed by atoms with Crippen LogP contribution in [0.5, 0.6) is 0 Å². The van der Waals surface area contributed by atoms with E-state index in [1.165, 1.54) is 57.8 Å². The highest BCUT2D eigenvalue weighted by Gasteiger charge is 2.04. The van der Waals surface area contributed by atoms with Crippen molar-refractivity contribution in [3.63, 3.8) is 0 Å². The van der Waals surface area contributed by atoms with Crippen molar-refractivity contribution < 1.29 is 152 Å². The van der Waals surface area contributed by atoms with Gasteiger partial charge in [-0.1, -0.05) is 71.3 Å². The molecule has 0 saturated carbocycles. The Morgan fingerprint density at radius 2 is 0.262 bits per heavy atom. The predicted octanol–water partition coefficient (Wildman–Crippen LogP) is 5.13. The lowest BCUT2D eigenvalue weighted by Crippen LogP contribution is -2.16. The molecule has 0 heterocycles. The maximum absolute atomic E-state index is 10.9. The minimum atomic E-state index is -0.466. The predicted molar refractivity (Wildman–Crippen MR) is 398 cm³/mol. The number of unbranched alkanes of at least 4 members (excludes halogenated alkanes) is 9. The highest BCUT2D eigenvalue weighted by Crippen LogP contribution is 2.10. The first-order chi connectivity index (χ1) is 53.3. The van der Waals surface area contributed by atoms with Crippen LogP contribution in [0, 0.1) is 0 Å². The monoisotopic (exact) mass is 1560 g/mol. The van der Waals surface area contributed by atoms with E-state index in [4.69, 9.17) is 147 Å². The Morgan fingerprint density at radius 1 is 0.159 bits per heavy atom. The van der Waals surface area contributed by atoms with Crippen LogP contribution in [0.25, 0.3) is 0 Å². The zero-order valence-electron chi connectivity index (χ0n) is 66.1. The van der Waals surface area contributed by atoms with Crippen LogP contribution in [0.1, 0.15) is 71.1 Å². The van der Waals surface area contributed by atoms with E-state index in [0.717, 1.165) is 19.1 Å². The molecule has 0 saturated heterocycles. The van der Waals surface area contributed by atoms with Crippen molar-refractivity contribution >= 4 is 5.97 Å². The molecule has 0 aromatic carbocycles. The summed E-state index contributed by atoms with van der Waals surface area (Å²) in [5.74, 6) is -0.466. The zero-order valence-corrected chi connectivity index (χ0v) is 66.1. The van der Waals surface area contributed by atoms with E-state index < -0.39 is 5.97 Å². The van der Waals surface area contributed by atoms with Crippen molar-refractivity contribution in [2.24, 2.45) is 0 Å². The summed E-state index contributed by atoms with van der Waals surface area (Å²) >= 11 is 0. The number of rotatable bonds is 102. The molecule has 0 aliphatic carbocycles. The van der Waals surface area contributed by atoms with Crippen LogP contribution in [-0.2, 0) is 152 Å². The van der Waals surface area contributed by atoms with Gasteiger partial charge in [-0.2, -0.15) is 0 Å². The van der Waals surface area contributed by atoms with E-state index in [1.54, 1.807) is 0 Å². The maximum atomic E-state index is 10.9. The van der Waals surface area contributed by atoms with Crippen LogP contribution in [-0.4, -0.2) is 409 Å². The van der Waals surface area contributed by atoms with Gasteiger partial charge in [-0.25, -0.2) is 4.79 Å². The second-order valence-corrected chi connectivity index (χ2v) is 22.9. The summed E-state index contributed by atoms with van der Waals surface area (Å²) < 4.78 is 171. The number of ether oxygens (including phenoxy) is 31. The van der Waals surface area contributed by atoms with Gasteiger partial charge in [0.2, 0.25) is 0 Å². The summed E-state index contributed by atoms with van der Waals surface area (Å²) in [4.78, 5) is 10.9. The Kier molecular flexibility index (Phi) is 100. The van der Waals surface area contributed by atoms with Gasteiger partial charge in [0.15, 0.2) is 0 Å². The molecule has 0 aliphatic heterocycles. The van der Waals surface area contributed by atoms with E-state index in [2.05, 4.69) is 13.5 Å². The van der Waals surface area contributed by atoms with Gasteiger partial charge < -0.3 is 147 Å². The van der Waals surface area contributed by atoms with Crippen molar-refractivity contribution in [1.82, 2.24) is 0 Å². The molecule has 0 radical (unpaired) electrons. The van der Waals surface area contributed by atoms with Crippen molar-refractivity contribution in [2.45, 2.75) is 71.1 Å². The fourth-order valence-electron chi connectivity index (χ4n) is 8.43. The highest BCUT2D eigenvalue weighted by molar-refractivity contribution is 5.81. The summed E-state index contributed by atoms with van der Waals surface area (Å²) in [6, 6.07) is 0. The SMILES string of the molecule is C=CC(=O)OCCOCCOCCOCCOCCOCCOCCOCCOCCOCCOCCOCCOCCOCCOCCOCCOCCOCCOCCOCCOCCOCCOCCOCCOCCOCCOCCOCCOCCOCCOCCCCCCCCCCCC. The standard InChI is InChI=1S/C75H148O32/c1-3-5-6-7-8-9-10-11-12-13-14-77-15-16-78-17-18-79-19-20-80-21-22-81-23-24-82-25-26-83-27-28-84-29-30-85-31-32-86-33-34-87-35-36-88-37-38-89-39-40-90-41-42-91-43-44-92-45-46-93-47-48-94-49-50-95-51-52-96-53-54-97-55-56-98-57-58-99-59-60-100-61-62-101-63-64-102-65-66-103-67-68-104-69-70-105-71-72-106-73-74-107-75(76)4-2/h4H,2-3,5-74H2,1H3. The number of esters is 1. The number of carbonyl (C=O) groups is 1. The lowest BCUT2D eigenvalue weighted by atomic mass is 10.1. The minimum absolute atomic E-state index is 0.188. The fourth-order valence-corrected chi connectivity index (χ4v) is 8.43. The van der Waals surface area contributed by atoms with Gasteiger partial charge >= 0.3 is 5.97 Å². The maximum Gasteiger partial charge on any atom is 0.330 e. The largest absolute Gasteiger partial charge is 0.460 e. The molecule has 0 aromatic heterocycles. The van der Waals surface area contributed by atoms with Gasteiger partial charge in [0.1, 0.15) is 6.61 Å². The van der Waals surface area contributed by atoms with Crippen molar-refractivity contribution in [3.8, 4) is 0 Å². The van der Waals surface area contributed by atoms with E-state index in [9.17, 15) is 4.79 Å². The normalized spacial score (nSPS) is 11.7. The third-order valence-electron chi connectivity index (χ3n) is 14.1. The summed E-state index contributed by atoms with van der Waals surface area (Å²) in [7, 11) is 0. The molecule has 0 atom stereocenters. The molecular formula is C75H148O32. The minimum Gasteiger partial charge on any atom is -0.460 e. The summed E-state index contributed by atoms with van der Waals surface area (Å²) in [6.45, 7) is 35.2. The second kappa shape index (κ2) is 102. The Bertz CT molecular complexity index is 1590. The van der Waals surface area contributed by atoms with Gasteiger partial charge in [-0.05, 0) is 6.42 Å². The van der Waals surface area contributed by atoms with Crippen LogP contribution in [0.3, 0.4) is 0 Å². The zero-order chi connectivity index (χ0) is 76.4. The third-order valence-corrected chi connectivity index (χ3v) is 14.1. The quantitative estimate of drug-likeness (QED) is 0.0433. The molecule has 0 amide bonds. The van der Waals surface area contributed by atoms with E-state index in [-0.39, 0.29) is 6.61 Å². The summed E-state index contributed by atoms with van der Waals surface area (Å²) in [5.41, 5.74) is 0. The first-order valence-electron chi connectivity index (χ1n) is 39.4. The first-order valence-corrected chi connectivity index (χ1v) is 39.4. The van der Waals surface area contributed by atoms with E-state index in [1.807, 2.05) is 0 Å². The molecule has 0 aromatic rings. The Hall–Kier alpha value is -1.99. The number of hydrogen-bond acceptors (Lipinski definition) is 32. The summed E-state index contributed by atoms with van der Waals surface area (Å²) in [6.07, 6.45) is 14.4. The van der Waals surface area contributed by atoms with Gasteiger partial charge in [-0.15, -0.1) is 0 Å². The topological polar surface area (TPSA) is 303 Å². The molecule has 32 heteroatoms.